The molecular formula is C10H8Cl6O5. The summed E-state index contributed by atoms with van der Waals surface area (Å²) >= 11 is 32.2. The normalized spacial score (nSPS) is 12.7. The van der Waals surface area contributed by atoms with Crippen LogP contribution in [0.15, 0.2) is 24.7 Å². The van der Waals surface area contributed by atoms with Gasteiger partial charge in [0.15, 0.2) is 0 Å². The first-order valence-electron chi connectivity index (χ1n) is 4.95. The van der Waals surface area contributed by atoms with E-state index in [1.807, 2.05) is 0 Å². The second-order valence-corrected chi connectivity index (χ2v) is 8.22. The number of carbonyl (C=O) groups is 2. The monoisotopic (exact) mass is 418 g/mol. The van der Waals surface area contributed by atoms with Gasteiger partial charge in [-0.1, -0.05) is 69.6 Å². The quantitative estimate of drug-likeness (QED) is 0.282. The molecule has 0 saturated heterocycles. The summed E-state index contributed by atoms with van der Waals surface area (Å²) in [5, 5.41) is 0. The van der Waals surface area contributed by atoms with E-state index in [4.69, 9.17) is 69.6 Å². The van der Waals surface area contributed by atoms with Gasteiger partial charge < -0.3 is 14.2 Å². The molecule has 0 bridgehead atoms. The number of hydrogen-bond donors (Lipinski definition) is 0. The Morgan fingerprint density at radius 2 is 1.10 bits per heavy atom. The van der Waals surface area contributed by atoms with Gasteiger partial charge in [-0.15, -0.1) is 0 Å². The molecule has 0 saturated carbocycles. The van der Waals surface area contributed by atoms with Gasteiger partial charge >= 0.3 is 11.9 Å². The van der Waals surface area contributed by atoms with E-state index in [0.29, 0.717) is 0 Å². The fourth-order valence-corrected chi connectivity index (χ4v) is 0.965. The lowest BCUT2D eigenvalue weighted by molar-refractivity contribution is -0.138. The van der Waals surface area contributed by atoms with Crippen LogP contribution in [0.3, 0.4) is 0 Å². The van der Waals surface area contributed by atoms with Crippen LogP contribution in [0, 0.1) is 0 Å². The highest BCUT2D eigenvalue weighted by atomic mass is 35.6. The van der Waals surface area contributed by atoms with Crippen molar-refractivity contribution in [2.45, 2.75) is 7.59 Å². The molecule has 0 radical (unpaired) electrons. The number of halogens is 6. The third kappa shape index (κ3) is 16.2. The third-order valence-corrected chi connectivity index (χ3v) is 1.98. The van der Waals surface area contributed by atoms with Gasteiger partial charge in [-0.3, -0.25) is 0 Å². The van der Waals surface area contributed by atoms with E-state index in [0.717, 1.165) is 24.7 Å². The Morgan fingerprint density at radius 3 is 1.38 bits per heavy atom. The summed E-state index contributed by atoms with van der Waals surface area (Å²) in [5.74, 6) is -1.60. The first-order chi connectivity index (χ1) is 9.49. The first kappa shape index (κ1) is 21.0. The molecule has 0 aliphatic rings. The van der Waals surface area contributed by atoms with Gasteiger partial charge in [-0.05, 0) is 0 Å². The molecule has 0 unspecified atom stereocenters. The second kappa shape index (κ2) is 9.87. The molecule has 0 aliphatic heterocycles. The highest BCUT2D eigenvalue weighted by Crippen LogP contribution is 2.26. The van der Waals surface area contributed by atoms with E-state index in [9.17, 15) is 9.59 Å². The first-order valence-corrected chi connectivity index (χ1v) is 7.22. The van der Waals surface area contributed by atoms with Crippen molar-refractivity contribution < 1.29 is 23.8 Å². The highest BCUT2D eigenvalue weighted by Gasteiger charge is 2.22. The van der Waals surface area contributed by atoms with Crippen LogP contribution < -0.4 is 0 Å². The second-order valence-electron chi connectivity index (χ2n) is 3.19. The molecule has 0 spiro atoms. The minimum atomic E-state index is -1.70. The Balaban J connectivity index is 3.92. The minimum Gasteiger partial charge on any atom is -0.472 e. The van der Waals surface area contributed by atoms with Crippen molar-refractivity contribution in [2.24, 2.45) is 0 Å². The van der Waals surface area contributed by atoms with Crippen LogP contribution in [0.5, 0.6) is 0 Å². The molecule has 11 heteroatoms. The molecule has 120 valence electrons. The average molecular weight is 421 g/mol. The van der Waals surface area contributed by atoms with Crippen LogP contribution in [0.25, 0.3) is 0 Å². The van der Waals surface area contributed by atoms with E-state index >= 15 is 0 Å². The molecule has 0 amide bonds. The van der Waals surface area contributed by atoms with Gasteiger partial charge in [-0.25, -0.2) is 9.59 Å². The summed E-state index contributed by atoms with van der Waals surface area (Å²) in [7, 11) is 0. The molecular weight excluding hydrogens is 413 g/mol. The van der Waals surface area contributed by atoms with Crippen molar-refractivity contribution in [3.8, 4) is 0 Å². The van der Waals surface area contributed by atoms with Crippen molar-refractivity contribution in [3.05, 3.63) is 24.7 Å². The molecule has 0 aliphatic carbocycles. The summed E-state index contributed by atoms with van der Waals surface area (Å²) in [4.78, 5) is 22.1. The third-order valence-electron chi connectivity index (χ3n) is 1.32. The zero-order chi connectivity index (χ0) is 16.5. The van der Waals surface area contributed by atoms with Crippen molar-refractivity contribution in [2.75, 3.05) is 13.2 Å². The Morgan fingerprint density at radius 1 is 0.762 bits per heavy atom. The van der Waals surface area contributed by atoms with Gasteiger partial charge in [-0.2, -0.15) is 0 Å². The van der Waals surface area contributed by atoms with E-state index in [1.54, 1.807) is 0 Å². The summed E-state index contributed by atoms with van der Waals surface area (Å²) in [5.41, 5.74) is 0. The molecule has 0 aromatic heterocycles. The van der Waals surface area contributed by atoms with E-state index in [-0.39, 0.29) is 0 Å². The fourth-order valence-electron chi connectivity index (χ4n) is 0.637. The zero-order valence-corrected chi connectivity index (χ0v) is 14.6. The van der Waals surface area contributed by atoms with Crippen LogP contribution in [0.4, 0.5) is 0 Å². The molecule has 0 atom stereocenters. The van der Waals surface area contributed by atoms with Crippen LogP contribution in [-0.2, 0) is 23.8 Å². The number of esters is 2. The minimum absolute atomic E-state index is 0.417. The Labute approximate surface area is 150 Å². The maximum Gasteiger partial charge on any atom is 0.334 e. The maximum absolute atomic E-state index is 11.1. The summed E-state index contributed by atoms with van der Waals surface area (Å²) in [6.45, 7) is -0.833. The van der Waals surface area contributed by atoms with Crippen molar-refractivity contribution in [1.29, 1.82) is 0 Å². The average Bonchev–Trinajstić information content (AvgIpc) is 2.32. The van der Waals surface area contributed by atoms with E-state index in [2.05, 4.69) is 14.2 Å². The SMILES string of the molecule is O=C(C=COC=CC(=O)OCC(Cl)(Cl)Cl)OCC(Cl)(Cl)Cl. The number of hydrogen-bond acceptors (Lipinski definition) is 5. The van der Waals surface area contributed by atoms with Crippen LogP contribution >= 0.6 is 69.6 Å². The fraction of sp³-hybridized carbons (Fsp3) is 0.400. The molecule has 0 fully saturated rings. The number of alkyl halides is 6. The molecule has 0 heterocycles. The van der Waals surface area contributed by atoms with Gasteiger partial charge in [0, 0.05) is 0 Å². The molecule has 5 nitrogen and oxygen atoms in total. The predicted molar refractivity (Wildman–Crippen MR) is 81.9 cm³/mol. The van der Waals surface area contributed by atoms with Crippen molar-refractivity contribution in [3.63, 3.8) is 0 Å². The zero-order valence-electron chi connectivity index (χ0n) is 10.0. The summed E-state index contributed by atoms with van der Waals surface area (Å²) < 4.78 is 10.4. The topological polar surface area (TPSA) is 61.8 Å². The number of rotatable bonds is 6. The van der Waals surface area contributed by atoms with Crippen LogP contribution in [-0.4, -0.2) is 32.7 Å². The summed E-state index contributed by atoms with van der Waals surface area (Å²) in [6, 6.07) is 0. The molecule has 0 rings (SSSR count). The van der Waals surface area contributed by atoms with E-state index < -0.39 is 32.7 Å². The van der Waals surface area contributed by atoms with Crippen molar-refractivity contribution >= 4 is 81.5 Å². The van der Waals surface area contributed by atoms with Gasteiger partial charge in [0.25, 0.3) is 0 Å². The molecule has 21 heavy (non-hydrogen) atoms. The van der Waals surface area contributed by atoms with Crippen LogP contribution in [0.1, 0.15) is 0 Å². The lowest BCUT2D eigenvalue weighted by Gasteiger charge is -2.09. The molecule has 0 aromatic carbocycles. The van der Waals surface area contributed by atoms with Gasteiger partial charge in [0.2, 0.25) is 7.59 Å². The van der Waals surface area contributed by atoms with Crippen molar-refractivity contribution in [1.82, 2.24) is 0 Å². The van der Waals surface area contributed by atoms with Gasteiger partial charge in [0.05, 0.1) is 24.7 Å². The Hall–Kier alpha value is -0.0400. The van der Waals surface area contributed by atoms with E-state index in [1.165, 1.54) is 0 Å². The highest BCUT2D eigenvalue weighted by molar-refractivity contribution is 6.68. The summed E-state index contributed by atoms with van der Waals surface area (Å²) in [6.07, 6.45) is 3.71. The predicted octanol–water partition coefficient (Wildman–Crippen LogP) is 3.86. The lowest BCUT2D eigenvalue weighted by atomic mass is 10.6. The standard InChI is InChI=1S/C10H8Cl6O5/c11-9(12,13)5-20-7(17)1-3-19-4-2-8(18)21-6-10(14,15)16/h1-4H,5-6H2. The van der Waals surface area contributed by atoms with Crippen LogP contribution in [0.2, 0.25) is 0 Å². The number of ether oxygens (including phenoxy) is 3. The largest absolute Gasteiger partial charge is 0.472 e. The number of carbonyl (C=O) groups excluding carboxylic acids is 2. The smallest absolute Gasteiger partial charge is 0.334 e. The Kier molecular flexibility index (Phi) is 9.85. The van der Waals surface area contributed by atoms with Gasteiger partial charge in [0.1, 0.15) is 13.2 Å². The lowest BCUT2D eigenvalue weighted by Crippen LogP contribution is -2.16. The maximum atomic E-state index is 11.1. The molecule has 0 aromatic rings. The molecule has 0 N–H and O–H groups in total. The Bertz CT molecular complexity index is 371.